The number of rotatable bonds is 4. The summed E-state index contributed by atoms with van der Waals surface area (Å²) in [6.07, 6.45) is 1.62. The lowest BCUT2D eigenvalue weighted by molar-refractivity contribution is -0.136. The van der Waals surface area contributed by atoms with Crippen molar-refractivity contribution in [2.75, 3.05) is 12.9 Å². The van der Waals surface area contributed by atoms with Crippen molar-refractivity contribution in [2.45, 2.75) is 5.25 Å². The zero-order valence-electron chi connectivity index (χ0n) is 12.2. The number of benzene rings is 2. The average molecular weight is 312 g/mol. The van der Waals surface area contributed by atoms with Crippen LogP contribution in [0.1, 0.15) is 16.4 Å². The van der Waals surface area contributed by atoms with Gasteiger partial charge in [0, 0.05) is 22.6 Å². The molecule has 0 bridgehead atoms. The van der Waals surface area contributed by atoms with E-state index in [4.69, 9.17) is 4.74 Å². The molecule has 22 heavy (non-hydrogen) atoms. The Morgan fingerprint density at radius 1 is 1.00 bits per heavy atom. The largest absolute Gasteiger partial charge is 0.457 e. The molecule has 0 spiro atoms. The van der Waals surface area contributed by atoms with Crippen molar-refractivity contribution in [2.24, 2.45) is 0 Å². The zero-order chi connectivity index (χ0) is 15.5. The van der Waals surface area contributed by atoms with Gasteiger partial charge in [0.05, 0.1) is 10.8 Å². The molecule has 0 amide bonds. The fourth-order valence-electron chi connectivity index (χ4n) is 2.71. The van der Waals surface area contributed by atoms with Crippen molar-refractivity contribution in [3.8, 4) is 0 Å². The lowest BCUT2D eigenvalue weighted by Gasteiger charge is -2.16. The number of carbonyl (C=O) groups excluding carboxylic acids is 1. The molecule has 0 fully saturated rings. The predicted molar refractivity (Wildman–Crippen MR) is 87.6 cm³/mol. The van der Waals surface area contributed by atoms with Gasteiger partial charge in [-0.3, -0.25) is 4.21 Å². The van der Waals surface area contributed by atoms with Gasteiger partial charge in [-0.1, -0.05) is 60.7 Å². The fraction of sp³-hybridized carbons (Fsp3) is 0.167. The number of ether oxygens (including phenoxy) is 1. The minimum Gasteiger partial charge on any atom is -0.457 e. The summed E-state index contributed by atoms with van der Waals surface area (Å²) >= 11 is 0. The van der Waals surface area contributed by atoms with Gasteiger partial charge in [-0.15, -0.1) is 0 Å². The first-order chi connectivity index (χ1) is 10.7. The Hall–Kier alpha value is -2.20. The van der Waals surface area contributed by atoms with Crippen molar-refractivity contribution in [3.63, 3.8) is 0 Å². The van der Waals surface area contributed by atoms with Gasteiger partial charge in [-0.25, -0.2) is 4.79 Å². The smallest absolute Gasteiger partial charge is 0.336 e. The first-order valence-electron chi connectivity index (χ1n) is 7.01. The monoisotopic (exact) mass is 312 g/mol. The van der Waals surface area contributed by atoms with Crippen LogP contribution in [0.2, 0.25) is 0 Å². The molecule has 1 aliphatic rings. The van der Waals surface area contributed by atoms with Crippen LogP contribution in [0.3, 0.4) is 0 Å². The van der Waals surface area contributed by atoms with E-state index >= 15 is 0 Å². The van der Waals surface area contributed by atoms with Crippen LogP contribution in [-0.2, 0) is 20.3 Å². The molecule has 2 aromatic rings. The van der Waals surface area contributed by atoms with E-state index < -0.39 is 16.0 Å². The van der Waals surface area contributed by atoms with Gasteiger partial charge in [0.15, 0.2) is 0 Å². The Bertz CT molecular complexity index is 735. The number of hydrogen-bond donors (Lipinski definition) is 0. The van der Waals surface area contributed by atoms with E-state index in [9.17, 15) is 9.00 Å². The number of esters is 1. The maximum Gasteiger partial charge on any atom is 0.336 e. The predicted octanol–water partition coefficient (Wildman–Crippen LogP) is 3.12. The molecule has 1 aliphatic heterocycles. The summed E-state index contributed by atoms with van der Waals surface area (Å²) in [4.78, 5) is 12.3. The molecule has 0 aromatic heterocycles. The van der Waals surface area contributed by atoms with Crippen LogP contribution in [0.4, 0.5) is 0 Å². The zero-order valence-corrected chi connectivity index (χ0v) is 13.0. The molecule has 2 aromatic carbocycles. The van der Waals surface area contributed by atoms with E-state index in [1.54, 1.807) is 6.26 Å². The van der Waals surface area contributed by atoms with Crippen LogP contribution in [-0.4, -0.2) is 23.0 Å². The van der Waals surface area contributed by atoms with Crippen LogP contribution < -0.4 is 0 Å². The highest BCUT2D eigenvalue weighted by Crippen LogP contribution is 2.37. The topological polar surface area (TPSA) is 43.4 Å². The molecule has 3 nitrogen and oxygen atoms in total. The summed E-state index contributed by atoms with van der Waals surface area (Å²) in [6.45, 7) is 0.235. The van der Waals surface area contributed by atoms with Gasteiger partial charge >= 0.3 is 5.97 Å². The molecular formula is C18H16O3S. The Kier molecular flexibility index (Phi) is 4.20. The van der Waals surface area contributed by atoms with Crippen molar-refractivity contribution in [3.05, 3.63) is 77.4 Å². The van der Waals surface area contributed by atoms with E-state index in [1.165, 1.54) is 0 Å². The first-order valence-corrected chi connectivity index (χ1v) is 8.63. The van der Waals surface area contributed by atoms with Gasteiger partial charge in [0.1, 0.15) is 6.61 Å². The summed E-state index contributed by atoms with van der Waals surface area (Å²) in [7, 11) is -1.22. The molecule has 0 unspecified atom stereocenters. The second-order valence-corrected chi connectivity index (χ2v) is 6.59. The third-order valence-corrected chi connectivity index (χ3v) is 4.88. The van der Waals surface area contributed by atoms with Gasteiger partial charge in [-0.05, 0) is 11.1 Å². The molecule has 112 valence electrons. The Labute approximate surface area is 132 Å². The van der Waals surface area contributed by atoms with Crippen molar-refractivity contribution >= 4 is 22.3 Å². The summed E-state index contributed by atoms with van der Waals surface area (Å²) in [5, 5.41) is -0.466. The van der Waals surface area contributed by atoms with E-state index in [-0.39, 0.29) is 12.6 Å². The summed E-state index contributed by atoms with van der Waals surface area (Å²) in [5.41, 5.74) is 3.15. The number of carbonyl (C=O) groups is 1. The van der Waals surface area contributed by atoms with Crippen LogP contribution in [0.25, 0.3) is 5.57 Å². The Balaban J connectivity index is 2.16. The molecular weight excluding hydrogens is 296 g/mol. The fourth-order valence-corrected chi connectivity index (χ4v) is 3.82. The SMILES string of the molecule is C[S@](=O)[C@@H](C1=C(c2ccccc2)COC1=O)c1ccccc1. The number of hydrogen-bond acceptors (Lipinski definition) is 3. The highest BCUT2D eigenvalue weighted by Gasteiger charge is 2.35. The highest BCUT2D eigenvalue weighted by molar-refractivity contribution is 7.84. The Morgan fingerprint density at radius 3 is 2.18 bits per heavy atom. The summed E-state index contributed by atoms with van der Waals surface area (Å²) in [5.74, 6) is -0.372. The maximum absolute atomic E-state index is 12.3. The molecule has 2 atom stereocenters. The standard InChI is InChI=1S/C18H16O3S/c1-22(20)17(14-10-6-3-7-11-14)16-15(12-21-18(16)19)13-8-4-2-5-9-13/h2-11,17H,12H2,1H3/t17-,22+/m1/s1. The second-order valence-electron chi connectivity index (χ2n) is 5.12. The molecule has 1 heterocycles. The van der Waals surface area contributed by atoms with E-state index in [0.29, 0.717) is 5.57 Å². The van der Waals surface area contributed by atoms with Gasteiger partial charge < -0.3 is 4.74 Å². The minimum atomic E-state index is -1.22. The third-order valence-electron chi connectivity index (χ3n) is 3.71. The molecule has 3 rings (SSSR count). The van der Waals surface area contributed by atoms with Crippen molar-refractivity contribution < 1.29 is 13.7 Å². The van der Waals surface area contributed by atoms with Gasteiger partial charge in [0.25, 0.3) is 0 Å². The van der Waals surface area contributed by atoms with Crippen LogP contribution in [0.15, 0.2) is 66.2 Å². The molecule has 0 radical (unpaired) electrons. The molecule has 0 saturated heterocycles. The summed E-state index contributed by atoms with van der Waals surface area (Å²) in [6, 6.07) is 19.1. The third kappa shape index (κ3) is 2.74. The van der Waals surface area contributed by atoms with E-state index in [0.717, 1.165) is 16.7 Å². The maximum atomic E-state index is 12.3. The van der Waals surface area contributed by atoms with E-state index in [2.05, 4.69) is 0 Å². The molecule has 0 N–H and O–H groups in total. The molecule has 0 aliphatic carbocycles. The lowest BCUT2D eigenvalue weighted by atomic mass is 9.96. The average Bonchev–Trinajstić information content (AvgIpc) is 2.91. The lowest BCUT2D eigenvalue weighted by Crippen LogP contribution is -2.14. The normalized spacial score (nSPS) is 17.2. The van der Waals surface area contributed by atoms with Crippen LogP contribution >= 0.6 is 0 Å². The Morgan fingerprint density at radius 2 is 1.59 bits per heavy atom. The van der Waals surface area contributed by atoms with Crippen LogP contribution in [0.5, 0.6) is 0 Å². The van der Waals surface area contributed by atoms with Gasteiger partial charge in [-0.2, -0.15) is 0 Å². The van der Waals surface area contributed by atoms with Crippen LogP contribution in [0, 0.1) is 0 Å². The molecule has 0 saturated carbocycles. The summed E-state index contributed by atoms with van der Waals surface area (Å²) < 4.78 is 17.6. The highest BCUT2D eigenvalue weighted by atomic mass is 32.2. The quantitative estimate of drug-likeness (QED) is 0.815. The second kappa shape index (κ2) is 6.28. The minimum absolute atomic E-state index is 0.235. The van der Waals surface area contributed by atoms with Crippen molar-refractivity contribution in [1.82, 2.24) is 0 Å². The first kappa shape index (κ1) is 14.7. The van der Waals surface area contributed by atoms with E-state index in [1.807, 2.05) is 60.7 Å². The number of cyclic esters (lactones) is 1. The van der Waals surface area contributed by atoms with Gasteiger partial charge in [0.2, 0.25) is 0 Å². The molecule has 4 heteroatoms. The van der Waals surface area contributed by atoms with Crippen molar-refractivity contribution in [1.29, 1.82) is 0 Å².